The first kappa shape index (κ1) is 11.3. The van der Waals surface area contributed by atoms with Gasteiger partial charge in [-0.1, -0.05) is 29.8 Å². The molecule has 1 heterocycles. The molecule has 1 N–H and O–H groups in total. The van der Waals surface area contributed by atoms with Gasteiger partial charge >= 0.3 is 0 Å². The highest BCUT2D eigenvalue weighted by Crippen LogP contribution is 2.07. The molecule has 0 aliphatic carbocycles. The number of anilines is 1. The van der Waals surface area contributed by atoms with Gasteiger partial charge in [-0.3, -0.25) is 0 Å². The monoisotopic (exact) mass is 325 g/mol. The summed E-state index contributed by atoms with van der Waals surface area (Å²) in [4.78, 5) is 8.37. The van der Waals surface area contributed by atoms with Crippen molar-refractivity contribution in [2.24, 2.45) is 0 Å². The summed E-state index contributed by atoms with van der Waals surface area (Å²) >= 11 is 2.19. The Hall–Kier alpha value is -1.17. The zero-order chi connectivity index (χ0) is 11.4. The average Bonchev–Trinajstić information content (AvgIpc) is 2.28. The minimum atomic E-state index is 0.668. The summed E-state index contributed by atoms with van der Waals surface area (Å²) in [5.41, 5.74) is 2.50. The summed E-state index contributed by atoms with van der Waals surface area (Å²) < 4.78 is 1.04. The fraction of sp³-hybridized carbons (Fsp3) is 0.167. The highest BCUT2D eigenvalue weighted by Gasteiger charge is 1.96. The molecule has 0 unspecified atom stereocenters. The van der Waals surface area contributed by atoms with Crippen molar-refractivity contribution in [3.63, 3.8) is 0 Å². The third-order valence-electron chi connectivity index (χ3n) is 2.15. The summed E-state index contributed by atoms with van der Waals surface area (Å²) in [6.07, 6.45) is 3.60. The second-order valence-electron chi connectivity index (χ2n) is 3.57. The van der Waals surface area contributed by atoms with Gasteiger partial charge in [0.25, 0.3) is 0 Å². The van der Waals surface area contributed by atoms with E-state index in [-0.39, 0.29) is 0 Å². The van der Waals surface area contributed by atoms with Crippen LogP contribution in [0.3, 0.4) is 0 Å². The standard InChI is InChI=1S/C12H12IN3/c1-9-3-2-4-10(5-9)6-14-12-15-7-11(13)8-16-12/h2-5,7-8H,6H2,1H3,(H,14,15,16). The molecule has 2 aromatic rings. The number of nitrogens with one attached hydrogen (secondary N) is 1. The van der Waals surface area contributed by atoms with Gasteiger partial charge in [0.15, 0.2) is 0 Å². The molecule has 0 aliphatic heterocycles. The molecule has 1 aromatic heterocycles. The fourth-order valence-corrected chi connectivity index (χ4v) is 1.69. The van der Waals surface area contributed by atoms with Gasteiger partial charge in [-0.25, -0.2) is 9.97 Å². The van der Waals surface area contributed by atoms with Crippen molar-refractivity contribution < 1.29 is 0 Å². The minimum absolute atomic E-state index is 0.668. The van der Waals surface area contributed by atoms with E-state index in [1.54, 1.807) is 12.4 Å². The van der Waals surface area contributed by atoms with Crippen LogP contribution in [0, 0.1) is 10.5 Å². The number of nitrogens with zero attached hydrogens (tertiary/aromatic N) is 2. The van der Waals surface area contributed by atoms with Gasteiger partial charge in [-0.15, -0.1) is 0 Å². The molecule has 0 aliphatic rings. The van der Waals surface area contributed by atoms with E-state index < -0.39 is 0 Å². The highest BCUT2D eigenvalue weighted by atomic mass is 127. The van der Waals surface area contributed by atoms with Gasteiger partial charge in [-0.05, 0) is 35.1 Å². The molecular weight excluding hydrogens is 313 g/mol. The average molecular weight is 325 g/mol. The largest absolute Gasteiger partial charge is 0.350 e. The van der Waals surface area contributed by atoms with Crippen LogP contribution in [0.1, 0.15) is 11.1 Å². The van der Waals surface area contributed by atoms with E-state index in [4.69, 9.17) is 0 Å². The zero-order valence-corrected chi connectivity index (χ0v) is 11.1. The molecule has 4 heteroatoms. The van der Waals surface area contributed by atoms with E-state index >= 15 is 0 Å². The molecule has 0 spiro atoms. The summed E-state index contributed by atoms with van der Waals surface area (Å²) in [7, 11) is 0. The number of hydrogen-bond acceptors (Lipinski definition) is 3. The van der Waals surface area contributed by atoms with Gasteiger partial charge in [0.05, 0.1) is 0 Å². The second kappa shape index (κ2) is 5.25. The topological polar surface area (TPSA) is 37.8 Å². The predicted molar refractivity (Wildman–Crippen MR) is 73.3 cm³/mol. The zero-order valence-electron chi connectivity index (χ0n) is 8.94. The molecule has 0 saturated carbocycles. The van der Waals surface area contributed by atoms with E-state index in [0.717, 1.165) is 10.1 Å². The third kappa shape index (κ3) is 3.16. The SMILES string of the molecule is Cc1cccc(CNc2ncc(I)cn2)c1. The lowest BCUT2D eigenvalue weighted by molar-refractivity contribution is 1.05. The molecule has 2 rings (SSSR count). The van der Waals surface area contributed by atoms with Gasteiger partial charge in [0.2, 0.25) is 5.95 Å². The van der Waals surface area contributed by atoms with Crippen LogP contribution in [-0.2, 0) is 6.54 Å². The number of hydrogen-bond donors (Lipinski definition) is 1. The molecule has 1 aromatic carbocycles. The lowest BCUT2D eigenvalue weighted by Gasteiger charge is -2.05. The first-order valence-corrected chi connectivity index (χ1v) is 6.09. The van der Waals surface area contributed by atoms with Crippen molar-refractivity contribution in [1.29, 1.82) is 0 Å². The molecule has 82 valence electrons. The van der Waals surface area contributed by atoms with Crippen LogP contribution in [-0.4, -0.2) is 9.97 Å². The Labute approximate surface area is 108 Å². The van der Waals surface area contributed by atoms with Crippen LogP contribution < -0.4 is 5.32 Å². The van der Waals surface area contributed by atoms with Crippen molar-refractivity contribution in [3.05, 3.63) is 51.4 Å². The molecule has 0 amide bonds. The lowest BCUT2D eigenvalue weighted by Crippen LogP contribution is -2.03. The molecule has 0 radical (unpaired) electrons. The van der Waals surface area contributed by atoms with E-state index in [1.807, 2.05) is 0 Å². The third-order valence-corrected chi connectivity index (χ3v) is 2.71. The van der Waals surface area contributed by atoms with Crippen LogP contribution in [0.4, 0.5) is 5.95 Å². The summed E-state index contributed by atoms with van der Waals surface area (Å²) in [6.45, 7) is 2.84. The van der Waals surface area contributed by atoms with Crippen LogP contribution in [0.25, 0.3) is 0 Å². The van der Waals surface area contributed by atoms with Crippen molar-refractivity contribution in [1.82, 2.24) is 9.97 Å². The highest BCUT2D eigenvalue weighted by molar-refractivity contribution is 14.1. The summed E-state index contributed by atoms with van der Waals surface area (Å²) in [6, 6.07) is 8.39. The fourth-order valence-electron chi connectivity index (χ4n) is 1.41. The Balaban J connectivity index is 1.99. The van der Waals surface area contributed by atoms with Crippen LogP contribution in [0.15, 0.2) is 36.7 Å². The van der Waals surface area contributed by atoms with Crippen LogP contribution >= 0.6 is 22.6 Å². The number of benzene rings is 1. The Bertz CT molecular complexity index is 468. The van der Waals surface area contributed by atoms with Gasteiger partial charge in [0, 0.05) is 22.5 Å². The molecule has 0 saturated heterocycles. The van der Waals surface area contributed by atoms with Crippen molar-refractivity contribution in [2.75, 3.05) is 5.32 Å². The Morgan fingerprint density at radius 3 is 2.69 bits per heavy atom. The van der Waals surface area contributed by atoms with E-state index in [9.17, 15) is 0 Å². The first-order chi connectivity index (χ1) is 7.74. The van der Waals surface area contributed by atoms with Gasteiger partial charge < -0.3 is 5.32 Å². The predicted octanol–water partition coefficient (Wildman–Crippen LogP) is 3.00. The number of rotatable bonds is 3. The molecule has 0 atom stereocenters. The van der Waals surface area contributed by atoms with Crippen molar-refractivity contribution >= 4 is 28.5 Å². The number of halogens is 1. The Kier molecular flexibility index (Phi) is 3.71. The van der Waals surface area contributed by atoms with Crippen LogP contribution in [0.2, 0.25) is 0 Å². The van der Waals surface area contributed by atoms with E-state index in [1.165, 1.54) is 11.1 Å². The maximum atomic E-state index is 4.19. The van der Waals surface area contributed by atoms with Gasteiger partial charge in [0.1, 0.15) is 0 Å². The van der Waals surface area contributed by atoms with Crippen molar-refractivity contribution in [3.8, 4) is 0 Å². The molecule has 3 nitrogen and oxygen atoms in total. The van der Waals surface area contributed by atoms with Crippen molar-refractivity contribution in [2.45, 2.75) is 13.5 Å². The van der Waals surface area contributed by atoms with E-state index in [2.05, 4.69) is 69.1 Å². The molecule has 16 heavy (non-hydrogen) atoms. The quantitative estimate of drug-likeness (QED) is 0.882. The normalized spacial score (nSPS) is 10.1. The molecule has 0 fully saturated rings. The summed E-state index contributed by atoms with van der Waals surface area (Å²) in [5, 5.41) is 3.19. The first-order valence-electron chi connectivity index (χ1n) is 5.01. The summed E-state index contributed by atoms with van der Waals surface area (Å²) in [5.74, 6) is 0.668. The maximum Gasteiger partial charge on any atom is 0.222 e. The van der Waals surface area contributed by atoms with Gasteiger partial charge in [-0.2, -0.15) is 0 Å². The minimum Gasteiger partial charge on any atom is -0.350 e. The Morgan fingerprint density at radius 2 is 2.00 bits per heavy atom. The number of aromatic nitrogens is 2. The van der Waals surface area contributed by atoms with Crippen LogP contribution in [0.5, 0.6) is 0 Å². The lowest BCUT2D eigenvalue weighted by atomic mass is 10.1. The smallest absolute Gasteiger partial charge is 0.222 e. The number of aryl methyl sites for hydroxylation is 1. The van der Waals surface area contributed by atoms with E-state index in [0.29, 0.717) is 5.95 Å². The second-order valence-corrected chi connectivity index (χ2v) is 4.81. The Morgan fingerprint density at radius 1 is 1.25 bits per heavy atom. The molecule has 0 bridgehead atoms. The molecular formula is C12H12IN3. The maximum absolute atomic E-state index is 4.19.